The minimum absolute atomic E-state index is 0.139. The zero-order valence-corrected chi connectivity index (χ0v) is 13.7. The second-order valence-electron chi connectivity index (χ2n) is 4.71. The number of methoxy groups -OCH3 is 1. The minimum Gasteiger partial charge on any atom is -0.453 e. The van der Waals surface area contributed by atoms with Crippen LogP contribution in [0.4, 0.5) is 10.5 Å². The van der Waals surface area contributed by atoms with Crippen molar-refractivity contribution in [2.45, 2.75) is 11.8 Å². The molecule has 2 rings (SSSR count). The van der Waals surface area contributed by atoms with Crippen LogP contribution in [0.15, 0.2) is 58.1 Å². The van der Waals surface area contributed by atoms with Crippen molar-refractivity contribution in [2.24, 2.45) is 5.16 Å². The van der Waals surface area contributed by atoms with Crippen molar-refractivity contribution in [3.05, 3.63) is 48.1 Å². The van der Waals surface area contributed by atoms with Crippen molar-refractivity contribution in [3.63, 3.8) is 0 Å². The molecule has 0 bridgehead atoms. The Morgan fingerprint density at radius 2 is 1.83 bits per heavy atom. The molecule has 8 nitrogen and oxygen atoms in total. The van der Waals surface area contributed by atoms with E-state index in [4.69, 9.17) is 0 Å². The van der Waals surface area contributed by atoms with Gasteiger partial charge in [0.25, 0.3) is 0 Å². The highest BCUT2D eigenvalue weighted by Crippen LogP contribution is 2.17. The molecule has 1 N–H and O–H groups in total. The van der Waals surface area contributed by atoms with Crippen LogP contribution in [0.25, 0.3) is 0 Å². The van der Waals surface area contributed by atoms with E-state index in [1.54, 1.807) is 6.92 Å². The first-order valence-electron chi connectivity index (χ1n) is 6.69. The Hall–Kier alpha value is -2.94. The van der Waals surface area contributed by atoms with E-state index in [2.05, 4.69) is 19.5 Å². The van der Waals surface area contributed by atoms with Crippen LogP contribution in [0.3, 0.4) is 0 Å². The maximum atomic E-state index is 12.1. The van der Waals surface area contributed by atoms with Gasteiger partial charge in [0.1, 0.15) is 10.6 Å². The van der Waals surface area contributed by atoms with Gasteiger partial charge < -0.3 is 4.74 Å². The number of ether oxygens (including phenoxy) is 1. The average molecular weight is 350 g/mol. The number of rotatable bonds is 4. The molecule has 9 heteroatoms. The molecule has 1 aliphatic rings. The highest BCUT2D eigenvalue weighted by Gasteiger charge is 2.17. The molecule has 24 heavy (non-hydrogen) atoms. The number of hydrogen-bond acceptors (Lipinski definition) is 7. The van der Waals surface area contributed by atoms with Gasteiger partial charge in [0, 0.05) is 5.69 Å². The summed E-state index contributed by atoms with van der Waals surface area (Å²) < 4.78 is 33.2. The van der Waals surface area contributed by atoms with Crippen LogP contribution in [0.5, 0.6) is 0 Å². The number of anilines is 1. The Morgan fingerprint density at radius 3 is 2.42 bits per heavy atom. The molecule has 0 radical (unpaired) electrons. The molecule has 0 fully saturated rings. The Labute approximate surface area is 138 Å². The molecule has 0 saturated carbocycles. The Kier molecular flexibility index (Phi) is 5.14. The lowest BCUT2D eigenvalue weighted by molar-refractivity contribution is -0.110. The maximum Gasteiger partial charge on any atom is 0.411 e. The topological polar surface area (TPSA) is 111 Å². The van der Waals surface area contributed by atoms with Crippen LogP contribution in [0.1, 0.15) is 6.92 Å². The summed E-state index contributed by atoms with van der Waals surface area (Å²) in [6.07, 6.45) is 3.28. The third-order valence-electron chi connectivity index (χ3n) is 2.98. The van der Waals surface area contributed by atoms with E-state index in [1.165, 1.54) is 49.6 Å². The number of nitrogens with zero attached hydrogens (tertiary/aromatic N) is 1. The summed E-state index contributed by atoms with van der Waals surface area (Å²) in [4.78, 5) is 22.1. The van der Waals surface area contributed by atoms with Gasteiger partial charge in [-0.1, -0.05) is 5.16 Å². The summed E-state index contributed by atoms with van der Waals surface area (Å²) in [7, 11) is -2.91. The second-order valence-corrected chi connectivity index (χ2v) is 6.24. The fourth-order valence-corrected chi connectivity index (χ4v) is 2.47. The first kappa shape index (κ1) is 17.4. The molecule has 0 aromatic heterocycles. The van der Waals surface area contributed by atoms with Crippen LogP contribution in [0, 0.1) is 0 Å². The summed E-state index contributed by atoms with van der Waals surface area (Å²) in [5.41, 5.74) is 1.09. The highest BCUT2D eigenvalue weighted by molar-refractivity contribution is 7.86. The van der Waals surface area contributed by atoms with Gasteiger partial charge in [-0.05, 0) is 55.0 Å². The molecule has 1 amide bonds. The van der Waals surface area contributed by atoms with Crippen molar-refractivity contribution in [1.29, 1.82) is 0 Å². The molecule has 0 aliphatic heterocycles. The SMILES string of the molecule is COC(=O)Nc1ccc(S(=O)(=O)ON=C2C=CC(=O)C=C2C)cc1. The molecule has 1 aromatic carbocycles. The third-order valence-corrected chi connectivity index (χ3v) is 4.10. The number of hydrogen-bond donors (Lipinski definition) is 1. The lowest BCUT2D eigenvalue weighted by atomic mass is 10.1. The fourth-order valence-electron chi connectivity index (χ4n) is 1.74. The second kappa shape index (κ2) is 7.09. The molecular formula is C15H14N2O6S. The zero-order chi connectivity index (χ0) is 17.7. The van der Waals surface area contributed by atoms with Crippen LogP contribution < -0.4 is 5.32 Å². The van der Waals surface area contributed by atoms with Crippen molar-refractivity contribution in [1.82, 2.24) is 0 Å². The summed E-state index contributed by atoms with van der Waals surface area (Å²) in [6, 6.07) is 5.27. The van der Waals surface area contributed by atoms with Crippen molar-refractivity contribution in [3.8, 4) is 0 Å². The molecule has 126 valence electrons. The van der Waals surface area contributed by atoms with E-state index in [-0.39, 0.29) is 16.4 Å². The van der Waals surface area contributed by atoms with Gasteiger partial charge in [-0.3, -0.25) is 14.4 Å². The van der Waals surface area contributed by atoms with Gasteiger partial charge in [-0.15, -0.1) is 0 Å². The van der Waals surface area contributed by atoms with Crippen molar-refractivity contribution < 1.29 is 27.0 Å². The highest BCUT2D eigenvalue weighted by atomic mass is 32.2. The molecule has 0 heterocycles. The summed E-state index contributed by atoms with van der Waals surface area (Å²) in [6.45, 7) is 1.61. The Balaban J connectivity index is 2.13. The van der Waals surface area contributed by atoms with E-state index >= 15 is 0 Å². The summed E-state index contributed by atoms with van der Waals surface area (Å²) >= 11 is 0. The van der Waals surface area contributed by atoms with Crippen LogP contribution in [0.2, 0.25) is 0 Å². The fraction of sp³-hybridized carbons (Fsp3) is 0.133. The standard InChI is InChI=1S/C15H14N2O6S/c1-10-9-12(18)5-8-14(10)17-23-24(20,21)13-6-3-11(4-7-13)16-15(19)22-2/h3-9H,1-2H3,(H,16,19). The van der Waals surface area contributed by atoms with E-state index in [9.17, 15) is 18.0 Å². The predicted octanol–water partition coefficient (Wildman–Crippen LogP) is 2.01. The van der Waals surface area contributed by atoms with Gasteiger partial charge in [-0.2, -0.15) is 8.42 Å². The normalized spacial score (nSPS) is 15.8. The number of allylic oxidation sites excluding steroid dienone is 4. The van der Waals surface area contributed by atoms with Gasteiger partial charge in [0.05, 0.1) is 7.11 Å². The largest absolute Gasteiger partial charge is 0.453 e. The van der Waals surface area contributed by atoms with Gasteiger partial charge >= 0.3 is 16.2 Å². The van der Waals surface area contributed by atoms with Crippen LogP contribution >= 0.6 is 0 Å². The number of ketones is 1. The number of benzene rings is 1. The average Bonchev–Trinajstić information content (AvgIpc) is 2.54. The molecular weight excluding hydrogens is 336 g/mol. The number of carbonyl (C=O) groups is 2. The number of oxime groups is 1. The smallest absolute Gasteiger partial charge is 0.411 e. The molecule has 1 aromatic rings. The Morgan fingerprint density at radius 1 is 1.17 bits per heavy atom. The van der Waals surface area contributed by atoms with E-state index in [1.807, 2.05) is 0 Å². The van der Waals surface area contributed by atoms with Gasteiger partial charge in [0.2, 0.25) is 0 Å². The van der Waals surface area contributed by atoms with Crippen LogP contribution in [-0.4, -0.2) is 33.1 Å². The first-order valence-corrected chi connectivity index (χ1v) is 8.10. The number of carbonyl (C=O) groups excluding carboxylic acids is 2. The van der Waals surface area contributed by atoms with Crippen molar-refractivity contribution >= 4 is 33.4 Å². The van der Waals surface area contributed by atoms with Gasteiger partial charge in [-0.25, -0.2) is 4.79 Å². The molecule has 0 saturated heterocycles. The zero-order valence-electron chi connectivity index (χ0n) is 12.8. The minimum atomic E-state index is -4.12. The molecule has 0 atom stereocenters. The maximum absolute atomic E-state index is 12.1. The molecule has 1 aliphatic carbocycles. The lowest BCUT2D eigenvalue weighted by Gasteiger charge is -2.07. The van der Waals surface area contributed by atoms with E-state index in [0.29, 0.717) is 11.3 Å². The lowest BCUT2D eigenvalue weighted by Crippen LogP contribution is -2.11. The monoisotopic (exact) mass is 350 g/mol. The van der Waals surface area contributed by atoms with E-state index in [0.717, 1.165) is 0 Å². The predicted molar refractivity (Wildman–Crippen MR) is 86.1 cm³/mol. The number of nitrogens with one attached hydrogen (secondary N) is 1. The quantitative estimate of drug-likeness (QED) is 0.657. The van der Waals surface area contributed by atoms with Crippen LogP contribution in [-0.2, 0) is 23.9 Å². The Bertz CT molecular complexity index is 850. The summed E-state index contributed by atoms with van der Waals surface area (Å²) in [5.74, 6) is -0.206. The van der Waals surface area contributed by atoms with E-state index < -0.39 is 16.2 Å². The number of amides is 1. The van der Waals surface area contributed by atoms with Gasteiger partial charge in [0.15, 0.2) is 5.78 Å². The molecule has 0 spiro atoms. The first-order chi connectivity index (χ1) is 11.3. The summed E-state index contributed by atoms with van der Waals surface area (Å²) in [5, 5.41) is 5.95. The third kappa shape index (κ3) is 4.29. The van der Waals surface area contributed by atoms with Crippen molar-refractivity contribution in [2.75, 3.05) is 12.4 Å². The molecule has 0 unspecified atom stereocenters.